The second kappa shape index (κ2) is 12.0. The minimum atomic E-state index is -1.21. The molecule has 0 bridgehead atoms. The highest BCUT2D eigenvalue weighted by Crippen LogP contribution is 2.19. The smallest absolute Gasteiger partial charge is 0.325 e. The predicted molar refractivity (Wildman–Crippen MR) is 137 cm³/mol. The zero-order chi connectivity index (χ0) is 27.1. The Hall–Kier alpha value is -4.38. The maximum absolute atomic E-state index is 13.2. The lowest BCUT2D eigenvalue weighted by Crippen LogP contribution is -2.56. The number of phenols is 1. The number of carbonyl (C=O) groups excluding carboxylic acids is 3. The molecule has 0 aliphatic carbocycles. The van der Waals surface area contributed by atoms with Crippen LogP contribution >= 0.6 is 0 Å². The quantitative estimate of drug-likeness (QED) is 0.197. The van der Waals surface area contributed by atoms with Crippen LogP contribution in [0.4, 0.5) is 0 Å². The van der Waals surface area contributed by atoms with Crippen molar-refractivity contribution in [2.24, 2.45) is 5.73 Å². The third kappa shape index (κ3) is 7.31. The number of aliphatic carboxylic acids is 1. The van der Waals surface area contributed by atoms with Crippen molar-refractivity contribution in [3.8, 4) is 5.75 Å². The number of carboxylic acid groups (broad SMARTS) is 1. The SMILES string of the molecule is CC(NC(=O)C(C)NC(=O)C(Cc1c[nH]c2ccccc12)NC(=O)C(N)Cc1ccc(O)cc1)C(=O)O. The van der Waals surface area contributed by atoms with Gasteiger partial charge in [0, 0.05) is 23.5 Å². The number of H-pyrrole nitrogens is 1. The first-order chi connectivity index (χ1) is 17.5. The van der Waals surface area contributed by atoms with Gasteiger partial charge in [-0.2, -0.15) is 0 Å². The number of fused-ring (bicyclic) bond motifs is 1. The molecule has 8 N–H and O–H groups in total. The van der Waals surface area contributed by atoms with Gasteiger partial charge in [-0.05, 0) is 49.6 Å². The molecule has 1 heterocycles. The van der Waals surface area contributed by atoms with E-state index in [1.54, 1.807) is 18.3 Å². The summed E-state index contributed by atoms with van der Waals surface area (Å²) in [5.74, 6) is -2.98. The lowest BCUT2D eigenvalue weighted by Gasteiger charge is -2.23. The first kappa shape index (κ1) is 27.2. The molecule has 11 nitrogen and oxygen atoms in total. The summed E-state index contributed by atoms with van der Waals surface area (Å²) in [5.41, 5.74) is 8.47. The van der Waals surface area contributed by atoms with Gasteiger partial charge >= 0.3 is 5.97 Å². The molecule has 0 fully saturated rings. The fourth-order valence-corrected chi connectivity index (χ4v) is 3.77. The van der Waals surface area contributed by atoms with Crippen LogP contribution in [0.25, 0.3) is 10.9 Å². The van der Waals surface area contributed by atoms with Gasteiger partial charge in [0.25, 0.3) is 0 Å². The van der Waals surface area contributed by atoms with Crippen LogP contribution in [0.5, 0.6) is 5.75 Å². The summed E-state index contributed by atoms with van der Waals surface area (Å²) in [5, 5.41) is 26.9. The average molecular weight is 510 g/mol. The van der Waals surface area contributed by atoms with Crippen molar-refractivity contribution >= 4 is 34.6 Å². The van der Waals surface area contributed by atoms with Gasteiger partial charge in [-0.15, -0.1) is 0 Å². The molecule has 3 aromatic rings. The van der Waals surface area contributed by atoms with E-state index in [-0.39, 0.29) is 18.6 Å². The molecule has 0 radical (unpaired) electrons. The molecule has 0 spiro atoms. The molecule has 1 aromatic heterocycles. The van der Waals surface area contributed by atoms with Crippen LogP contribution in [0.2, 0.25) is 0 Å². The second-order valence-corrected chi connectivity index (χ2v) is 8.90. The maximum Gasteiger partial charge on any atom is 0.325 e. The zero-order valence-corrected chi connectivity index (χ0v) is 20.5. The van der Waals surface area contributed by atoms with E-state index in [9.17, 15) is 24.3 Å². The molecular weight excluding hydrogens is 478 g/mol. The minimum Gasteiger partial charge on any atom is -0.508 e. The summed E-state index contributed by atoms with van der Waals surface area (Å²) in [7, 11) is 0. The third-order valence-corrected chi connectivity index (χ3v) is 5.94. The summed E-state index contributed by atoms with van der Waals surface area (Å²) in [6.07, 6.45) is 2.05. The van der Waals surface area contributed by atoms with Crippen molar-refractivity contribution in [3.63, 3.8) is 0 Å². The Labute approximate surface area is 213 Å². The lowest BCUT2D eigenvalue weighted by molar-refractivity contribution is -0.141. The first-order valence-corrected chi connectivity index (χ1v) is 11.8. The van der Waals surface area contributed by atoms with E-state index in [1.165, 1.54) is 26.0 Å². The monoisotopic (exact) mass is 509 g/mol. The number of amides is 3. The Morgan fingerprint density at radius 1 is 0.865 bits per heavy atom. The van der Waals surface area contributed by atoms with Crippen LogP contribution in [-0.2, 0) is 32.0 Å². The minimum absolute atomic E-state index is 0.0909. The number of hydrogen-bond acceptors (Lipinski definition) is 6. The van der Waals surface area contributed by atoms with E-state index in [0.717, 1.165) is 22.0 Å². The number of aromatic hydroxyl groups is 1. The van der Waals surface area contributed by atoms with E-state index in [0.29, 0.717) is 0 Å². The van der Waals surface area contributed by atoms with Gasteiger partial charge in [0.15, 0.2) is 0 Å². The van der Waals surface area contributed by atoms with Crippen LogP contribution in [0.1, 0.15) is 25.0 Å². The number of carboxylic acids is 1. The van der Waals surface area contributed by atoms with Crippen LogP contribution in [0.3, 0.4) is 0 Å². The normalized spacial score (nSPS) is 14.2. The largest absolute Gasteiger partial charge is 0.508 e. The number of para-hydroxylation sites is 1. The Morgan fingerprint density at radius 3 is 2.19 bits per heavy atom. The molecule has 196 valence electrons. The van der Waals surface area contributed by atoms with Crippen LogP contribution < -0.4 is 21.7 Å². The Kier molecular flexibility index (Phi) is 8.86. The Morgan fingerprint density at radius 2 is 1.51 bits per heavy atom. The molecule has 2 aromatic carbocycles. The molecule has 0 saturated carbocycles. The lowest BCUT2D eigenvalue weighted by atomic mass is 10.0. The van der Waals surface area contributed by atoms with Gasteiger partial charge in [-0.1, -0.05) is 30.3 Å². The van der Waals surface area contributed by atoms with Crippen molar-refractivity contribution in [1.29, 1.82) is 0 Å². The number of nitrogens with two attached hydrogens (primary N) is 1. The summed E-state index contributed by atoms with van der Waals surface area (Å²) < 4.78 is 0. The van der Waals surface area contributed by atoms with E-state index < -0.39 is 47.9 Å². The fourth-order valence-electron chi connectivity index (χ4n) is 3.77. The molecule has 37 heavy (non-hydrogen) atoms. The highest BCUT2D eigenvalue weighted by molar-refractivity contribution is 5.94. The summed E-state index contributed by atoms with van der Waals surface area (Å²) in [6.45, 7) is 2.73. The summed E-state index contributed by atoms with van der Waals surface area (Å²) in [6, 6.07) is 9.56. The molecule has 3 amide bonds. The van der Waals surface area contributed by atoms with Gasteiger partial charge in [-0.3, -0.25) is 19.2 Å². The van der Waals surface area contributed by atoms with Gasteiger partial charge in [0.1, 0.15) is 23.9 Å². The maximum atomic E-state index is 13.2. The number of aromatic nitrogens is 1. The average Bonchev–Trinajstić information content (AvgIpc) is 3.27. The van der Waals surface area contributed by atoms with Crippen LogP contribution in [0.15, 0.2) is 54.7 Å². The van der Waals surface area contributed by atoms with Gasteiger partial charge in [-0.25, -0.2) is 0 Å². The molecule has 3 rings (SSSR count). The predicted octanol–water partition coefficient (Wildman–Crippen LogP) is 0.565. The van der Waals surface area contributed by atoms with Gasteiger partial charge < -0.3 is 36.9 Å². The number of rotatable bonds is 11. The summed E-state index contributed by atoms with van der Waals surface area (Å²) >= 11 is 0. The topological polar surface area (TPSA) is 187 Å². The van der Waals surface area contributed by atoms with Crippen molar-refractivity contribution < 1.29 is 29.4 Å². The van der Waals surface area contributed by atoms with E-state index in [2.05, 4.69) is 20.9 Å². The van der Waals surface area contributed by atoms with E-state index in [4.69, 9.17) is 10.8 Å². The van der Waals surface area contributed by atoms with Crippen LogP contribution in [0, 0.1) is 0 Å². The molecule has 4 unspecified atom stereocenters. The van der Waals surface area contributed by atoms with Crippen molar-refractivity contribution in [2.75, 3.05) is 0 Å². The number of aromatic amines is 1. The Bertz CT molecular complexity index is 1270. The molecule has 0 aliphatic heterocycles. The van der Waals surface area contributed by atoms with Gasteiger partial charge in [0.2, 0.25) is 17.7 Å². The molecule has 0 aliphatic rings. The fraction of sp³-hybridized carbons (Fsp3) is 0.308. The summed E-state index contributed by atoms with van der Waals surface area (Å²) in [4.78, 5) is 52.6. The number of hydrogen-bond donors (Lipinski definition) is 7. The molecule has 11 heteroatoms. The Balaban J connectivity index is 1.75. The molecular formula is C26H31N5O6. The first-order valence-electron chi connectivity index (χ1n) is 11.8. The standard InChI is InChI=1S/C26H31N5O6/c1-14(23(33)30-15(2)26(36)37)29-25(35)22(12-17-13-28-21-6-4-3-5-19(17)21)31-24(34)20(27)11-16-7-9-18(32)10-8-16/h3-10,13-15,20,22,28,32H,11-12,27H2,1-2H3,(H,29,35)(H,30,33)(H,31,34)(H,36,37). The zero-order valence-electron chi connectivity index (χ0n) is 20.5. The number of phenolic OH excluding ortho intramolecular Hbond substituents is 1. The van der Waals surface area contributed by atoms with E-state index >= 15 is 0 Å². The number of carbonyl (C=O) groups is 4. The van der Waals surface area contributed by atoms with E-state index in [1.807, 2.05) is 24.3 Å². The van der Waals surface area contributed by atoms with Crippen LogP contribution in [-0.4, -0.2) is 63.1 Å². The molecule has 4 atom stereocenters. The van der Waals surface area contributed by atoms with Crippen molar-refractivity contribution in [3.05, 3.63) is 65.9 Å². The van der Waals surface area contributed by atoms with Gasteiger partial charge in [0.05, 0.1) is 6.04 Å². The molecule has 0 saturated heterocycles. The number of benzene rings is 2. The second-order valence-electron chi connectivity index (χ2n) is 8.90. The third-order valence-electron chi connectivity index (χ3n) is 5.94. The number of nitrogens with one attached hydrogen (secondary N) is 4. The highest BCUT2D eigenvalue weighted by atomic mass is 16.4. The highest BCUT2D eigenvalue weighted by Gasteiger charge is 2.28. The van der Waals surface area contributed by atoms with Crippen molar-refractivity contribution in [2.45, 2.75) is 50.9 Å². The van der Waals surface area contributed by atoms with Crippen molar-refractivity contribution in [1.82, 2.24) is 20.9 Å².